The van der Waals surface area contributed by atoms with Gasteiger partial charge in [-0.2, -0.15) is 0 Å². The molecule has 0 heterocycles. The van der Waals surface area contributed by atoms with Crippen molar-refractivity contribution in [3.05, 3.63) is 24.3 Å². The fourth-order valence-electron chi connectivity index (χ4n) is 2.44. The summed E-state index contributed by atoms with van der Waals surface area (Å²) in [4.78, 5) is 37.7. The Morgan fingerprint density at radius 3 is 2.19 bits per heavy atom. The maximum atomic E-state index is 12.2. The van der Waals surface area contributed by atoms with Gasteiger partial charge in [0, 0.05) is 5.69 Å². The molecule has 2 amide bonds. The number of rotatable bonds is 10. The molecule has 0 spiro atoms. The molecule has 150 valence electrons. The van der Waals surface area contributed by atoms with Crippen molar-refractivity contribution in [1.29, 1.82) is 0 Å². The number of benzene rings is 1. The first-order valence-electron chi connectivity index (χ1n) is 8.80. The van der Waals surface area contributed by atoms with Gasteiger partial charge in [-0.25, -0.2) is 4.79 Å². The summed E-state index contributed by atoms with van der Waals surface area (Å²) in [6.07, 6.45) is 0.722. The van der Waals surface area contributed by atoms with Crippen LogP contribution in [0.2, 0.25) is 0 Å². The van der Waals surface area contributed by atoms with Gasteiger partial charge in [-0.05, 0) is 37.2 Å². The van der Waals surface area contributed by atoms with Gasteiger partial charge in [-0.1, -0.05) is 20.3 Å². The van der Waals surface area contributed by atoms with E-state index >= 15 is 0 Å². The lowest BCUT2D eigenvalue weighted by Gasteiger charge is -2.23. The molecule has 1 aromatic carbocycles. The average molecular weight is 379 g/mol. The number of ether oxygens (including phenoxy) is 2. The third kappa shape index (κ3) is 7.65. The second kappa shape index (κ2) is 11.2. The highest BCUT2D eigenvalue weighted by Gasteiger charge is 2.27. The number of esters is 1. The van der Waals surface area contributed by atoms with E-state index in [0.29, 0.717) is 11.4 Å². The van der Waals surface area contributed by atoms with Crippen LogP contribution in [0.4, 0.5) is 5.69 Å². The molecule has 27 heavy (non-hydrogen) atoms. The zero-order valence-corrected chi connectivity index (χ0v) is 16.6. The number of amides is 2. The third-order valence-electron chi connectivity index (χ3n) is 4.19. The second-order valence-corrected chi connectivity index (χ2v) is 6.40. The minimum absolute atomic E-state index is 0.0139. The number of methoxy groups -OCH3 is 2. The summed E-state index contributed by atoms with van der Waals surface area (Å²) in [5.74, 6) is -0.418. The van der Waals surface area contributed by atoms with Crippen molar-refractivity contribution >= 4 is 23.5 Å². The summed E-state index contributed by atoms with van der Waals surface area (Å²) < 4.78 is 9.81. The Balaban J connectivity index is 2.51. The molecular formula is C19H29N3O5. The van der Waals surface area contributed by atoms with Crippen molar-refractivity contribution in [2.45, 2.75) is 26.3 Å². The summed E-state index contributed by atoms with van der Waals surface area (Å²) >= 11 is 0. The molecule has 0 fully saturated rings. The maximum absolute atomic E-state index is 12.2. The Bertz CT molecular complexity index is 633. The highest BCUT2D eigenvalue weighted by Crippen LogP contribution is 2.14. The zero-order valence-electron chi connectivity index (χ0n) is 16.6. The van der Waals surface area contributed by atoms with Gasteiger partial charge in [-0.15, -0.1) is 0 Å². The lowest BCUT2D eigenvalue weighted by atomic mass is 9.99. The van der Waals surface area contributed by atoms with Crippen molar-refractivity contribution in [3.63, 3.8) is 0 Å². The van der Waals surface area contributed by atoms with Crippen LogP contribution in [0.5, 0.6) is 5.75 Å². The lowest BCUT2D eigenvalue weighted by Crippen LogP contribution is -2.49. The van der Waals surface area contributed by atoms with Crippen LogP contribution in [0.1, 0.15) is 20.3 Å². The molecule has 2 N–H and O–H groups in total. The third-order valence-corrected chi connectivity index (χ3v) is 4.19. The van der Waals surface area contributed by atoms with Crippen LogP contribution in [-0.4, -0.2) is 63.1 Å². The summed E-state index contributed by atoms with van der Waals surface area (Å²) in [6.45, 7) is 3.82. The molecule has 0 radical (unpaired) electrons. The number of anilines is 1. The minimum Gasteiger partial charge on any atom is -0.497 e. The maximum Gasteiger partial charge on any atom is 0.328 e. The Labute approximate surface area is 160 Å². The average Bonchev–Trinajstić information content (AvgIpc) is 2.65. The molecule has 2 atom stereocenters. The van der Waals surface area contributed by atoms with Crippen molar-refractivity contribution in [3.8, 4) is 5.75 Å². The first-order valence-corrected chi connectivity index (χ1v) is 8.80. The fourth-order valence-corrected chi connectivity index (χ4v) is 2.44. The largest absolute Gasteiger partial charge is 0.497 e. The summed E-state index contributed by atoms with van der Waals surface area (Å²) in [5.41, 5.74) is 0.640. The Kier molecular flexibility index (Phi) is 9.29. The van der Waals surface area contributed by atoms with Crippen LogP contribution in [0.25, 0.3) is 0 Å². The number of hydrogen-bond acceptors (Lipinski definition) is 6. The molecule has 0 aliphatic carbocycles. The van der Waals surface area contributed by atoms with Gasteiger partial charge in [0.2, 0.25) is 11.8 Å². The van der Waals surface area contributed by atoms with Gasteiger partial charge >= 0.3 is 5.97 Å². The van der Waals surface area contributed by atoms with Gasteiger partial charge in [0.25, 0.3) is 0 Å². The molecule has 0 aliphatic heterocycles. The van der Waals surface area contributed by atoms with Gasteiger partial charge in [0.05, 0.1) is 27.3 Å². The van der Waals surface area contributed by atoms with E-state index in [0.717, 1.165) is 6.42 Å². The van der Waals surface area contributed by atoms with E-state index in [2.05, 4.69) is 10.6 Å². The van der Waals surface area contributed by atoms with E-state index in [9.17, 15) is 14.4 Å². The zero-order chi connectivity index (χ0) is 20.4. The molecule has 0 aromatic heterocycles. The van der Waals surface area contributed by atoms with Crippen molar-refractivity contribution in [2.75, 3.05) is 39.7 Å². The number of carbonyl (C=O) groups excluding carboxylic acids is 3. The van der Waals surface area contributed by atoms with Crippen LogP contribution in [0, 0.1) is 5.92 Å². The molecule has 0 aliphatic rings. The molecule has 1 rings (SSSR count). The number of carbonyl (C=O) groups is 3. The van der Waals surface area contributed by atoms with Gasteiger partial charge in [0.15, 0.2) is 0 Å². The summed E-state index contributed by atoms with van der Waals surface area (Å²) in [6, 6.07) is 6.25. The number of hydrogen-bond donors (Lipinski definition) is 2. The molecule has 0 bridgehead atoms. The van der Waals surface area contributed by atoms with E-state index in [1.807, 2.05) is 13.8 Å². The first kappa shape index (κ1) is 22.4. The topological polar surface area (TPSA) is 97.0 Å². The number of nitrogens with one attached hydrogen (secondary N) is 2. The van der Waals surface area contributed by atoms with Crippen LogP contribution in [0.15, 0.2) is 24.3 Å². The summed E-state index contributed by atoms with van der Waals surface area (Å²) in [5, 5.41) is 5.44. The van der Waals surface area contributed by atoms with Gasteiger partial charge in [0.1, 0.15) is 11.8 Å². The molecule has 8 nitrogen and oxygen atoms in total. The molecule has 0 saturated carbocycles. The normalized spacial score (nSPS) is 12.8. The monoisotopic (exact) mass is 379 g/mol. The smallest absolute Gasteiger partial charge is 0.328 e. The van der Waals surface area contributed by atoms with E-state index in [-0.39, 0.29) is 30.8 Å². The van der Waals surface area contributed by atoms with E-state index < -0.39 is 12.0 Å². The van der Waals surface area contributed by atoms with E-state index in [1.165, 1.54) is 7.11 Å². The fraction of sp³-hybridized carbons (Fsp3) is 0.526. The van der Waals surface area contributed by atoms with Gasteiger partial charge in [-0.3, -0.25) is 14.5 Å². The quantitative estimate of drug-likeness (QED) is 0.594. The van der Waals surface area contributed by atoms with Crippen LogP contribution < -0.4 is 15.4 Å². The Morgan fingerprint density at radius 1 is 1.07 bits per heavy atom. The van der Waals surface area contributed by atoms with Gasteiger partial charge < -0.3 is 20.1 Å². The predicted molar refractivity (Wildman–Crippen MR) is 103 cm³/mol. The molecule has 8 heteroatoms. The summed E-state index contributed by atoms with van der Waals surface area (Å²) in [7, 11) is 4.52. The number of likely N-dealkylation sites (N-methyl/N-ethyl adjacent to an activating group) is 1. The molecule has 1 aromatic rings. The van der Waals surface area contributed by atoms with E-state index in [1.54, 1.807) is 43.3 Å². The first-order chi connectivity index (χ1) is 12.8. The SMILES string of the molecule is CC[C@H](C)[C@H](NC(=O)CN(C)CC(=O)Nc1ccc(OC)cc1)C(=O)OC. The van der Waals surface area contributed by atoms with Crippen molar-refractivity contribution < 1.29 is 23.9 Å². The van der Waals surface area contributed by atoms with Crippen LogP contribution in [0.3, 0.4) is 0 Å². The molecule has 0 unspecified atom stereocenters. The Hall–Kier alpha value is -2.61. The standard InChI is InChI=1S/C19H29N3O5/c1-6-13(2)18(19(25)27-5)21-17(24)12-22(3)11-16(23)20-14-7-9-15(26-4)10-8-14/h7-10,13,18H,6,11-12H2,1-5H3,(H,20,23)(H,21,24)/t13-,18-/m0/s1. The van der Waals surface area contributed by atoms with E-state index in [4.69, 9.17) is 9.47 Å². The number of nitrogens with zero attached hydrogens (tertiary/aromatic N) is 1. The van der Waals surface area contributed by atoms with Crippen LogP contribution >= 0.6 is 0 Å². The molecule has 0 saturated heterocycles. The van der Waals surface area contributed by atoms with Crippen molar-refractivity contribution in [2.24, 2.45) is 5.92 Å². The lowest BCUT2D eigenvalue weighted by molar-refractivity contribution is -0.146. The van der Waals surface area contributed by atoms with Crippen LogP contribution in [-0.2, 0) is 19.1 Å². The highest BCUT2D eigenvalue weighted by atomic mass is 16.5. The van der Waals surface area contributed by atoms with Crippen molar-refractivity contribution in [1.82, 2.24) is 10.2 Å². The minimum atomic E-state index is -0.700. The predicted octanol–water partition coefficient (Wildman–Crippen LogP) is 1.27. The Morgan fingerprint density at radius 2 is 1.67 bits per heavy atom. The highest BCUT2D eigenvalue weighted by molar-refractivity contribution is 5.92. The molecular weight excluding hydrogens is 350 g/mol. The second-order valence-electron chi connectivity index (χ2n) is 6.40.